The Balaban J connectivity index is 3.97. The predicted octanol–water partition coefficient (Wildman–Crippen LogP) is 2.48. The van der Waals surface area contributed by atoms with Crippen molar-refractivity contribution in [2.24, 2.45) is 11.1 Å². The maximum atomic E-state index is 5.79. The second kappa shape index (κ2) is 6.41. The molecule has 0 saturated carbocycles. The molecule has 0 saturated heterocycles. The fourth-order valence-electron chi connectivity index (χ4n) is 1.84. The fourth-order valence-corrected chi connectivity index (χ4v) is 1.84. The number of nitrogens with two attached hydrogens (primary N) is 1. The average molecular weight is 200 g/mol. The van der Waals surface area contributed by atoms with E-state index in [1.165, 1.54) is 19.3 Å². The molecule has 0 amide bonds. The van der Waals surface area contributed by atoms with Gasteiger partial charge in [0.2, 0.25) is 0 Å². The highest BCUT2D eigenvalue weighted by atomic mass is 15.1. The third-order valence-electron chi connectivity index (χ3n) is 2.51. The van der Waals surface area contributed by atoms with E-state index in [0.29, 0.717) is 11.5 Å². The largest absolute Gasteiger partial charge is 0.329 e. The van der Waals surface area contributed by atoms with Gasteiger partial charge >= 0.3 is 0 Å². The van der Waals surface area contributed by atoms with Crippen LogP contribution in [-0.4, -0.2) is 31.1 Å². The summed E-state index contributed by atoms with van der Waals surface area (Å²) >= 11 is 0. The van der Waals surface area contributed by atoms with Crippen LogP contribution in [0.5, 0.6) is 0 Å². The maximum absolute atomic E-state index is 5.79. The molecular formula is C12H28N2. The van der Waals surface area contributed by atoms with E-state index in [2.05, 4.69) is 39.6 Å². The van der Waals surface area contributed by atoms with Gasteiger partial charge in [-0.25, -0.2) is 0 Å². The molecule has 0 aromatic heterocycles. The summed E-state index contributed by atoms with van der Waals surface area (Å²) in [6, 6.07) is 0.564. The first-order valence-corrected chi connectivity index (χ1v) is 5.81. The summed E-state index contributed by atoms with van der Waals surface area (Å²) < 4.78 is 0. The Labute approximate surface area is 89.9 Å². The lowest BCUT2D eigenvalue weighted by atomic mass is 9.95. The smallest absolute Gasteiger partial charge is 0.0215 e. The summed E-state index contributed by atoms with van der Waals surface area (Å²) in [6.07, 6.45) is 3.79. The quantitative estimate of drug-likeness (QED) is 0.714. The first-order valence-electron chi connectivity index (χ1n) is 5.81. The number of likely N-dealkylation sites (N-methyl/N-ethyl adjacent to an activating group) is 1. The molecule has 0 bridgehead atoms. The van der Waals surface area contributed by atoms with Crippen molar-refractivity contribution in [1.82, 2.24) is 4.90 Å². The number of nitrogens with zero attached hydrogens (tertiary/aromatic N) is 1. The first kappa shape index (κ1) is 13.9. The van der Waals surface area contributed by atoms with Crippen LogP contribution < -0.4 is 5.73 Å². The van der Waals surface area contributed by atoms with Crippen molar-refractivity contribution in [2.45, 2.75) is 53.0 Å². The van der Waals surface area contributed by atoms with Gasteiger partial charge in [-0.2, -0.15) is 0 Å². The third-order valence-corrected chi connectivity index (χ3v) is 2.51. The molecule has 14 heavy (non-hydrogen) atoms. The van der Waals surface area contributed by atoms with Crippen LogP contribution in [0.1, 0.15) is 47.0 Å². The van der Waals surface area contributed by atoms with Crippen LogP contribution in [0.3, 0.4) is 0 Å². The monoisotopic (exact) mass is 200 g/mol. The third kappa shape index (κ3) is 6.39. The van der Waals surface area contributed by atoms with Gasteiger partial charge in [0.1, 0.15) is 0 Å². The molecule has 0 fully saturated rings. The molecule has 0 radical (unpaired) electrons. The van der Waals surface area contributed by atoms with Crippen molar-refractivity contribution in [1.29, 1.82) is 0 Å². The molecular weight excluding hydrogens is 172 g/mol. The molecule has 0 aromatic carbocycles. The van der Waals surface area contributed by atoms with Crippen molar-refractivity contribution < 1.29 is 0 Å². The van der Waals surface area contributed by atoms with Crippen LogP contribution in [0.4, 0.5) is 0 Å². The van der Waals surface area contributed by atoms with Crippen molar-refractivity contribution >= 4 is 0 Å². The van der Waals surface area contributed by atoms with Crippen molar-refractivity contribution in [3.05, 3.63) is 0 Å². The van der Waals surface area contributed by atoms with Crippen LogP contribution in [0, 0.1) is 5.41 Å². The molecule has 2 heteroatoms. The number of hydrogen-bond acceptors (Lipinski definition) is 2. The number of rotatable bonds is 6. The van der Waals surface area contributed by atoms with Crippen LogP contribution in [0.2, 0.25) is 0 Å². The topological polar surface area (TPSA) is 29.3 Å². The Bertz CT molecular complexity index is 138. The van der Waals surface area contributed by atoms with Gasteiger partial charge in [-0.05, 0) is 18.9 Å². The average Bonchev–Trinajstić information content (AvgIpc) is 2.02. The molecule has 2 N–H and O–H groups in total. The lowest BCUT2D eigenvalue weighted by molar-refractivity contribution is 0.166. The van der Waals surface area contributed by atoms with Gasteiger partial charge in [-0.3, -0.25) is 0 Å². The molecule has 1 atom stereocenters. The highest BCUT2D eigenvalue weighted by Gasteiger charge is 2.18. The van der Waals surface area contributed by atoms with Crippen molar-refractivity contribution in [3.63, 3.8) is 0 Å². The molecule has 86 valence electrons. The second-order valence-electron chi connectivity index (χ2n) is 5.51. The Morgan fingerprint density at radius 1 is 1.29 bits per heavy atom. The SMILES string of the molecule is CCCCC(CN)N(C)CC(C)(C)C. The molecule has 0 aromatic rings. The zero-order chi connectivity index (χ0) is 11.2. The van der Waals surface area contributed by atoms with E-state index < -0.39 is 0 Å². The van der Waals surface area contributed by atoms with E-state index in [1.54, 1.807) is 0 Å². The Kier molecular flexibility index (Phi) is 6.38. The summed E-state index contributed by atoms with van der Waals surface area (Å²) in [4.78, 5) is 2.41. The number of hydrogen-bond donors (Lipinski definition) is 1. The molecule has 0 aliphatic carbocycles. The van der Waals surface area contributed by atoms with Gasteiger partial charge in [-0.1, -0.05) is 40.5 Å². The summed E-state index contributed by atoms with van der Waals surface area (Å²) in [7, 11) is 2.19. The number of unbranched alkanes of at least 4 members (excludes halogenated alkanes) is 1. The molecule has 0 aliphatic rings. The summed E-state index contributed by atoms with van der Waals surface area (Å²) in [5, 5.41) is 0. The zero-order valence-electron chi connectivity index (χ0n) is 10.6. The minimum absolute atomic E-state index is 0.369. The maximum Gasteiger partial charge on any atom is 0.0215 e. The van der Waals surface area contributed by atoms with E-state index in [9.17, 15) is 0 Å². The van der Waals surface area contributed by atoms with E-state index in [1.807, 2.05) is 0 Å². The molecule has 2 nitrogen and oxygen atoms in total. The lowest BCUT2D eigenvalue weighted by Crippen LogP contribution is -2.42. The highest BCUT2D eigenvalue weighted by molar-refractivity contribution is 4.74. The van der Waals surface area contributed by atoms with Crippen LogP contribution in [-0.2, 0) is 0 Å². The minimum Gasteiger partial charge on any atom is -0.329 e. The van der Waals surface area contributed by atoms with Crippen LogP contribution in [0.25, 0.3) is 0 Å². The van der Waals surface area contributed by atoms with Gasteiger partial charge in [0.05, 0.1) is 0 Å². The summed E-state index contributed by atoms with van der Waals surface area (Å²) in [5.41, 5.74) is 6.16. The van der Waals surface area contributed by atoms with Crippen molar-refractivity contribution in [3.8, 4) is 0 Å². The molecule has 0 heterocycles. The first-order chi connectivity index (χ1) is 6.40. The Morgan fingerprint density at radius 2 is 1.86 bits per heavy atom. The predicted molar refractivity (Wildman–Crippen MR) is 64.5 cm³/mol. The summed E-state index contributed by atoms with van der Waals surface area (Å²) in [5.74, 6) is 0. The van der Waals surface area contributed by atoms with Gasteiger partial charge < -0.3 is 10.6 Å². The van der Waals surface area contributed by atoms with E-state index in [-0.39, 0.29) is 0 Å². The van der Waals surface area contributed by atoms with E-state index in [4.69, 9.17) is 5.73 Å². The Hall–Kier alpha value is -0.0800. The summed E-state index contributed by atoms with van der Waals surface area (Å²) in [6.45, 7) is 11.0. The van der Waals surface area contributed by atoms with Gasteiger partial charge in [0, 0.05) is 19.1 Å². The normalized spacial score (nSPS) is 14.8. The fraction of sp³-hybridized carbons (Fsp3) is 1.00. The van der Waals surface area contributed by atoms with Crippen molar-refractivity contribution in [2.75, 3.05) is 20.1 Å². The molecule has 0 spiro atoms. The van der Waals surface area contributed by atoms with Crippen LogP contribution >= 0.6 is 0 Å². The zero-order valence-corrected chi connectivity index (χ0v) is 10.6. The molecule has 0 aliphatic heterocycles. The highest BCUT2D eigenvalue weighted by Crippen LogP contribution is 2.17. The minimum atomic E-state index is 0.369. The molecule has 0 rings (SSSR count). The van der Waals surface area contributed by atoms with Gasteiger partial charge in [-0.15, -0.1) is 0 Å². The van der Waals surface area contributed by atoms with Gasteiger partial charge in [0.25, 0.3) is 0 Å². The van der Waals surface area contributed by atoms with Crippen LogP contribution in [0.15, 0.2) is 0 Å². The van der Waals surface area contributed by atoms with Gasteiger partial charge in [0.15, 0.2) is 0 Å². The molecule has 1 unspecified atom stereocenters. The lowest BCUT2D eigenvalue weighted by Gasteiger charge is -2.32. The van der Waals surface area contributed by atoms with E-state index >= 15 is 0 Å². The standard InChI is InChI=1S/C12H28N2/c1-6-7-8-11(9-13)14(5)10-12(2,3)4/h11H,6-10,13H2,1-5H3. The Morgan fingerprint density at radius 3 is 2.21 bits per heavy atom. The second-order valence-corrected chi connectivity index (χ2v) is 5.51. The van der Waals surface area contributed by atoms with E-state index in [0.717, 1.165) is 13.1 Å².